The molecule has 0 amide bonds. The Hall–Kier alpha value is -6.20. The molecule has 0 radical (unpaired) electrons. The molecule has 0 spiro atoms. The fourth-order valence-electron chi connectivity index (χ4n) is 16.4. The van der Waals surface area contributed by atoms with E-state index in [-0.39, 0.29) is 0 Å². The monoisotopic (exact) mass is 813 g/mol. The second-order valence-corrected chi connectivity index (χ2v) is 21.4. The summed E-state index contributed by atoms with van der Waals surface area (Å²) in [7, 11) is 0. The zero-order valence-electron chi connectivity index (χ0n) is 35.4. The molecule has 0 N–H and O–H groups in total. The number of pyridine rings is 2. The van der Waals surface area contributed by atoms with Crippen molar-refractivity contribution >= 4 is 81.7 Å². The molecular weight excluding hydrogens is 767 g/mol. The molecular formula is C58H47N5. The van der Waals surface area contributed by atoms with E-state index in [1.165, 1.54) is 169 Å². The molecule has 63 heavy (non-hydrogen) atoms. The van der Waals surface area contributed by atoms with E-state index in [2.05, 4.69) is 129 Å². The first-order valence-corrected chi connectivity index (χ1v) is 24.3. The van der Waals surface area contributed by atoms with Crippen molar-refractivity contribution in [3.8, 4) is 11.4 Å². The van der Waals surface area contributed by atoms with Crippen LogP contribution in [0, 0.1) is 23.7 Å². The van der Waals surface area contributed by atoms with E-state index in [0.717, 1.165) is 23.7 Å². The molecule has 6 aromatic heterocycles. The summed E-state index contributed by atoms with van der Waals surface area (Å²) in [5.74, 6) is 5.66. The minimum atomic E-state index is 0.564. The second-order valence-electron chi connectivity index (χ2n) is 21.4. The summed E-state index contributed by atoms with van der Waals surface area (Å²) in [5, 5.41) is 11.2. The maximum Gasteiger partial charge on any atom is 0.0729 e. The van der Waals surface area contributed by atoms with Gasteiger partial charge in [-0.1, -0.05) is 54.6 Å². The maximum atomic E-state index is 5.63. The summed E-state index contributed by atoms with van der Waals surface area (Å²) < 4.78 is 7.85. The summed E-state index contributed by atoms with van der Waals surface area (Å²) in [6, 6.07) is 39.1. The van der Waals surface area contributed by atoms with E-state index < -0.39 is 0 Å². The van der Waals surface area contributed by atoms with Gasteiger partial charge in [0.1, 0.15) is 0 Å². The summed E-state index contributed by atoms with van der Waals surface area (Å²) in [5.41, 5.74) is 17.6. The Bertz CT molecular complexity index is 3780. The van der Waals surface area contributed by atoms with Gasteiger partial charge in [-0.05, 0) is 159 Å². The first-order valence-electron chi connectivity index (χ1n) is 24.3. The number of hydrogen-bond donors (Lipinski definition) is 0. The van der Waals surface area contributed by atoms with Gasteiger partial charge >= 0.3 is 0 Å². The smallest absolute Gasteiger partial charge is 0.0729 e. The molecule has 4 unspecified atom stereocenters. The van der Waals surface area contributed by atoms with Gasteiger partial charge in [-0.3, -0.25) is 9.97 Å². The summed E-state index contributed by atoms with van der Waals surface area (Å²) in [6.45, 7) is 0. The van der Waals surface area contributed by atoms with E-state index in [9.17, 15) is 0 Å². The van der Waals surface area contributed by atoms with Gasteiger partial charge in [0, 0.05) is 77.7 Å². The van der Waals surface area contributed by atoms with Crippen LogP contribution in [-0.2, 0) is 0 Å². The lowest BCUT2D eigenvalue weighted by molar-refractivity contribution is 0.165. The lowest BCUT2D eigenvalue weighted by atomic mass is 9.67. The van der Waals surface area contributed by atoms with Gasteiger partial charge < -0.3 is 13.5 Å². The maximum absolute atomic E-state index is 5.63. The molecule has 8 aliphatic carbocycles. The molecule has 4 fully saturated rings. The lowest BCUT2D eigenvalue weighted by Crippen LogP contribution is -2.25. The molecule has 5 heteroatoms. The Kier molecular flexibility index (Phi) is 6.08. The average molecular weight is 814 g/mol. The van der Waals surface area contributed by atoms with Crippen LogP contribution in [0.1, 0.15) is 110 Å². The van der Waals surface area contributed by atoms with Crippen molar-refractivity contribution in [3.63, 3.8) is 0 Å². The Labute approximate surface area is 364 Å². The van der Waals surface area contributed by atoms with Crippen molar-refractivity contribution in [2.45, 2.75) is 87.9 Å². The standard InChI is InChI=1S/C58H47N5/c1-3-9-38(10-4-1)61-45-14-8-7-13-40(45)41-26-47-42(27-46(41)61)43-25-44-52-48(28-59-55-36-21-30-15-31(22-36)18-34(17-30)50(52)55)63-49-29-60-56-37-23-32-16-33(24-37)20-35(19-32)51(56)53(49)54(58(44)63)57(43)62(47)39-11-5-2-6-12-39/h1-14,25-37H,15-24H2. The minimum absolute atomic E-state index is 0.564. The molecule has 8 aliphatic rings. The lowest BCUT2D eigenvalue weighted by Gasteiger charge is -2.38. The van der Waals surface area contributed by atoms with Crippen molar-refractivity contribution in [2.24, 2.45) is 23.7 Å². The van der Waals surface area contributed by atoms with Gasteiger partial charge in [-0.15, -0.1) is 0 Å². The van der Waals surface area contributed by atoms with Gasteiger partial charge in [0.05, 0.1) is 51.0 Å². The van der Waals surface area contributed by atoms with Crippen LogP contribution in [0.5, 0.6) is 0 Å². The van der Waals surface area contributed by atoms with Crippen LogP contribution in [0.2, 0.25) is 0 Å². The molecule has 4 atom stereocenters. The zero-order chi connectivity index (χ0) is 40.4. The highest BCUT2D eigenvalue weighted by Crippen LogP contribution is 2.61. The van der Waals surface area contributed by atoms with Crippen LogP contribution >= 0.6 is 0 Å². The predicted octanol–water partition coefficient (Wildman–Crippen LogP) is 14.6. The molecule has 5 nitrogen and oxygen atoms in total. The number of aromatic nitrogens is 5. The third kappa shape index (κ3) is 4.09. The molecule has 5 aromatic carbocycles. The highest BCUT2D eigenvalue weighted by Gasteiger charge is 2.46. The molecule has 11 aromatic rings. The van der Waals surface area contributed by atoms with Crippen LogP contribution in [0.4, 0.5) is 0 Å². The van der Waals surface area contributed by atoms with Crippen molar-refractivity contribution in [1.29, 1.82) is 0 Å². The van der Waals surface area contributed by atoms with Gasteiger partial charge in [0.15, 0.2) is 0 Å². The first kappa shape index (κ1) is 33.4. The summed E-state index contributed by atoms with van der Waals surface area (Å²) in [4.78, 5) is 11.2. The zero-order valence-corrected chi connectivity index (χ0v) is 35.4. The van der Waals surface area contributed by atoms with E-state index in [1.807, 2.05) is 0 Å². The molecule has 19 rings (SSSR count). The van der Waals surface area contributed by atoms with Gasteiger partial charge in [0.25, 0.3) is 0 Å². The Morgan fingerprint density at radius 1 is 0.365 bits per heavy atom. The number of nitrogens with zero attached hydrogens (tertiary/aromatic N) is 5. The molecule has 304 valence electrons. The normalized spacial score (nSPS) is 27.0. The van der Waals surface area contributed by atoms with E-state index in [0.29, 0.717) is 23.7 Å². The fourth-order valence-corrected chi connectivity index (χ4v) is 16.4. The average Bonchev–Trinajstić information content (AvgIpc) is 3.96. The topological polar surface area (TPSA) is 40.1 Å². The number of benzene rings is 5. The highest BCUT2D eigenvalue weighted by molar-refractivity contribution is 6.35. The third-order valence-corrected chi connectivity index (χ3v) is 18.2. The number of para-hydroxylation sites is 3. The minimum Gasteiger partial charge on any atom is -0.309 e. The van der Waals surface area contributed by atoms with E-state index in [1.54, 1.807) is 11.1 Å². The molecule has 0 saturated heterocycles. The summed E-state index contributed by atoms with van der Waals surface area (Å²) >= 11 is 0. The van der Waals surface area contributed by atoms with Gasteiger partial charge in [0.2, 0.25) is 0 Å². The van der Waals surface area contributed by atoms with E-state index >= 15 is 0 Å². The van der Waals surface area contributed by atoms with Crippen LogP contribution < -0.4 is 0 Å². The molecule has 6 heterocycles. The van der Waals surface area contributed by atoms with Crippen molar-refractivity contribution in [3.05, 3.63) is 138 Å². The van der Waals surface area contributed by atoms with Crippen molar-refractivity contribution in [1.82, 2.24) is 23.5 Å². The fraction of sp³-hybridized carbons (Fsp3) is 0.310. The second kappa shape index (κ2) is 11.5. The number of fused-ring (bicyclic) bond motifs is 13. The Morgan fingerprint density at radius 3 is 1.51 bits per heavy atom. The SMILES string of the molecule is c1ccc(-n2c3ccccc3c3cc4c(cc32)c2cc3c5c6c(ncc5n5c7cnc8c(c7c(c2n4-c2ccccc2)c35)C2CC3CC(CC8C3)C2)C2CC3CC(C2)CC6C3)cc1. The molecule has 0 aliphatic heterocycles. The van der Waals surface area contributed by atoms with Crippen LogP contribution in [0.3, 0.4) is 0 Å². The van der Waals surface area contributed by atoms with Gasteiger partial charge in [-0.25, -0.2) is 0 Å². The Balaban J connectivity index is 1.12. The molecule has 8 bridgehead atoms. The number of hydrogen-bond acceptors (Lipinski definition) is 2. The van der Waals surface area contributed by atoms with E-state index in [4.69, 9.17) is 9.97 Å². The Morgan fingerprint density at radius 2 is 0.873 bits per heavy atom. The number of rotatable bonds is 2. The van der Waals surface area contributed by atoms with Crippen molar-refractivity contribution < 1.29 is 0 Å². The predicted molar refractivity (Wildman–Crippen MR) is 256 cm³/mol. The van der Waals surface area contributed by atoms with Crippen LogP contribution in [0.15, 0.2) is 116 Å². The first-order chi connectivity index (χ1) is 31.2. The van der Waals surface area contributed by atoms with Gasteiger partial charge in [-0.2, -0.15) is 0 Å². The largest absolute Gasteiger partial charge is 0.309 e. The van der Waals surface area contributed by atoms with Crippen LogP contribution in [0.25, 0.3) is 93.1 Å². The van der Waals surface area contributed by atoms with Crippen LogP contribution in [-0.4, -0.2) is 23.5 Å². The summed E-state index contributed by atoms with van der Waals surface area (Å²) in [6.07, 6.45) is 18.1. The quantitative estimate of drug-likeness (QED) is 0.174. The molecule has 4 saturated carbocycles. The third-order valence-electron chi connectivity index (χ3n) is 18.2. The van der Waals surface area contributed by atoms with Crippen molar-refractivity contribution in [2.75, 3.05) is 0 Å². The highest BCUT2D eigenvalue weighted by atomic mass is 15.0.